The van der Waals surface area contributed by atoms with E-state index in [9.17, 15) is 14.0 Å². The molecule has 204 valence electrons. The van der Waals surface area contributed by atoms with E-state index in [2.05, 4.69) is 20.8 Å². The van der Waals surface area contributed by atoms with Crippen molar-refractivity contribution in [2.24, 2.45) is 0 Å². The van der Waals surface area contributed by atoms with E-state index >= 15 is 0 Å². The lowest BCUT2D eigenvalue weighted by molar-refractivity contribution is -0.130. The quantitative estimate of drug-likeness (QED) is 0.463. The fraction of sp³-hybridized carbons (Fsp3) is 0.414. The Bertz CT molecular complexity index is 1430. The molecule has 8 nitrogen and oxygen atoms in total. The van der Waals surface area contributed by atoms with Gasteiger partial charge >= 0.3 is 0 Å². The van der Waals surface area contributed by atoms with Crippen LogP contribution in [0.25, 0.3) is 5.69 Å². The van der Waals surface area contributed by atoms with E-state index in [0.29, 0.717) is 36.1 Å². The molecule has 0 bridgehead atoms. The maximum atomic E-state index is 13.9. The number of aromatic nitrogens is 2. The van der Waals surface area contributed by atoms with Crippen LogP contribution in [-0.4, -0.2) is 58.7 Å². The number of amides is 2. The zero-order chi connectivity index (χ0) is 27.3. The van der Waals surface area contributed by atoms with Crippen molar-refractivity contribution < 1.29 is 23.5 Å². The van der Waals surface area contributed by atoms with Gasteiger partial charge in [0.25, 0.3) is 0 Å². The third-order valence-electron chi connectivity index (χ3n) is 7.32. The van der Waals surface area contributed by atoms with Crippen LogP contribution in [0.2, 0.25) is 0 Å². The monoisotopic (exact) mass is 550 g/mol. The minimum absolute atomic E-state index is 0.0727. The van der Waals surface area contributed by atoms with Crippen LogP contribution in [0.1, 0.15) is 55.7 Å². The molecule has 1 unspecified atom stereocenters. The van der Waals surface area contributed by atoms with Gasteiger partial charge in [-0.05, 0) is 54.8 Å². The topological polar surface area (TPSA) is 76.9 Å². The second-order valence-electron chi connectivity index (χ2n) is 11.1. The minimum atomic E-state index is -0.386. The van der Waals surface area contributed by atoms with Crippen LogP contribution < -0.4 is 14.4 Å². The van der Waals surface area contributed by atoms with E-state index in [0.717, 1.165) is 29.7 Å². The lowest BCUT2D eigenvalue weighted by Gasteiger charge is -2.26. The largest absolute Gasteiger partial charge is 0.454 e. The highest BCUT2D eigenvalue weighted by Crippen LogP contribution is 2.50. The Morgan fingerprint density at radius 2 is 1.79 bits per heavy atom. The van der Waals surface area contributed by atoms with Crippen LogP contribution in [0, 0.1) is 5.82 Å². The molecule has 0 N–H and O–H groups in total. The first-order valence-electron chi connectivity index (χ1n) is 13.2. The number of thioether (sulfide) groups is 1. The predicted molar refractivity (Wildman–Crippen MR) is 147 cm³/mol. The number of rotatable bonds is 4. The van der Waals surface area contributed by atoms with Crippen LogP contribution in [0.3, 0.4) is 0 Å². The normalized spacial score (nSPS) is 18.9. The minimum Gasteiger partial charge on any atom is -0.454 e. The molecule has 3 aromatic rings. The third-order valence-corrected chi connectivity index (χ3v) is 8.58. The molecule has 0 aliphatic carbocycles. The summed E-state index contributed by atoms with van der Waals surface area (Å²) < 4.78 is 26.8. The first-order chi connectivity index (χ1) is 18.7. The summed E-state index contributed by atoms with van der Waals surface area (Å²) in [4.78, 5) is 30.6. The predicted octanol–water partition coefficient (Wildman–Crippen LogP) is 4.83. The summed E-state index contributed by atoms with van der Waals surface area (Å²) in [6, 6.07) is 11.9. The molecular formula is C29H31FN4O4S. The number of hydrogen-bond acceptors (Lipinski definition) is 6. The van der Waals surface area contributed by atoms with Crippen LogP contribution in [0.15, 0.2) is 42.5 Å². The second-order valence-corrected chi connectivity index (χ2v) is 12.2. The van der Waals surface area contributed by atoms with Crippen LogP contribution in [0.4, 0.5) is 10.2 Å². The lowest BCUT2D eigenvalue weighted by Crippen LogP contribution is -2.43. The molecule has 10 heteroatoms. The Morgan fingerprint density at radius 1 is 1.08 bits per heavy atom. The molecule has 6 rings (SSSR count). The van der Waals surface area contributed by atoms with Gasteiger partial charge in [0.15, 0.2) is 11.5 Å². The van der Waals surface area contributed by atoms with Crippen molar-refractivity contribution in [2.75, 3.05) is 37.1 Å². The van der Waals surface area contributed by atoms with Crippen molar-refractivity contribution in [1.29, 1.82) is 0 Å². The van der Waals surface area contributed by atoms with Crippen LogP contribution in [0.5, 0.6) is 11.5 Å². The molecular weight excluding hydrogens is 519 g/mol. The number of fused-ring (bicyclic) bond motifs is 2. The Kier molecular flexibility index (Phi) is 6.53. The van der Waals surface area contributed by atoms with Gasteiger partial charge in [-0.25, -0.2) is 9.07 Å². The number of nitrogens with zero attached hydrogens (tertiary/aromatic N) is 4. The van der Waals surface area contributed by atoms with E-state index in [4.69, 9.17) is 14.6 Å². The molecule has 1 fully saturated rings. The SMILES string of the molecule is CC(C)(C)c1nn(-c2ccc(F)cc2)c2c1C(c1ccc3c(c1)OCO3)SCC(=O)N2CC(=O)N1CCCC1. The maximum absolute atomic E-state index is 13.9. The first kappa shape index (κ1) is 25.7. The fourth-order valence-corrected chi connectivity index (χ4v) is 6.56. The first-order valence-corrected chi connectivity index (χ1v) is 14.2. The number of likely N-dealkylation sites (tertiary alicyclic amines) is 1. The summed E-state index contributed by atoms with van der Waals surface area (Å²) in [6.07, 6.45) is 1.93. The van der Waals surface area contributed by atoms with Crippen molar-refractivity contribution in [2.45, 2.75) is 44.3 Å². The van der Waals surface area contributed by atoms with Gasteiger partial charge in [0.05, 0.1) is 22.4 Å². The van der Waals surface area contributed by atoms with Crippen molar-refractivity contribution >= 4 is 29.4 Å². The van der Waals surface area contributed by atoms with Gasteiger partial charge in [-0.1, -0.05) is 26.8 Å². The van der Waals surface area contributed by atoms with E-state index < -0.39 is 0 Å². The molecule has 0 saturated carbocycles. The van der Waals surface area contributed by atoms with Gasteiger partial charge in [0, 0.05) is 24.1 Å². The Balaban J connectivity index is 1.56. The van der Waals surface area contributed by atoms with E-state index in [1.54, 1.807) is 21.7 Å². The molecule has 4 heterocycles. The molecule has 2 aromatic carbocycles. The average Bonchev–Trinajstić information content (AvgIpc) is 3.66. The highest BCUT2D eigenvalue weighted by molar-refractivity contribution is 8.00. The number of ether oxygens (including phenoxy) is 2. The molecule has 3 aliphatic heterocycles. The molecule has 0 radical (unpaired) electrons. The summed E-state index contributed by atoms with van der Waals surface area (Å²) in [5.74, 6) is 1.48. The number of benzene rings is 2. The van der Waals surface area contributed by atoms with E-state index in [1.165, 1.54) is 23.9 Å². The number of carbonyl (C=O) groups is 2. The maximum Gasteiger partial charge on any atom is 0.242 e. The standard InChI is InChI=1S/C29H31FN4O4S/c1-29(2,3)27-25-26(18-6-11-21-22(14-18)38-17-37-21)39-16-24(36)33(15-23(35)32-12-4-5-13-32)28(25)34(31-27)20-9-7-19(30)8-10-20/h6-11,14,26H,4-5,12-13,15-17H2,1-3H3. The van der Waals surface area contributed by atoms with Gasteiger partial charge in [-0.3, -0.25) is 14.5 Å². The summed E-state index contributed by atoms with van der Waals surface area (Å²) in [7, 11) is 0. The Morgan fingerprint density at radius 3 is 2.51 bits per heavy atom. The zero-order valence-electron chi connectivity index (χ0n) is 22.3. The molecule has 1 atom stereocenters. The van der Waals surface area contributed by atoms with Gasteiger partial charge in [-0.15, -0.1) is 11.8 Å². The van der Waals surface area contributed by atoms with Gasteiger partial charge < -0.3 is 14.4 Å². The van der Waals surface area contributed by atoms with E-state index in [1.807, 2.05) is 23.1 Å². The van der Waals surface area contributed by atoms with Gasteiger partial charge in [0.2, 0.25) is 18.6 Å². The summed E-state index contributed by atoms with van der Waals surface area (Å²) in [5.41, 5.74) is 2.87. The Labute approximate surface area is 231 Å². The Hall–Kier alpha value is -3.53. The smallest absolute Gasteiger partial charge is 0.242 e. The molecule has 0 spiro atoms. The van der Waals surface area contributed by atoms with Gasteiger partial charge in [-0.2, -0.15) is 5.10 Å². The molecule has 1 aromatic heterocycles. The highest BCUT2D eigenvalue weighted by Gasteiger charge is 2.40. The number of carbonyl (C=O) groups excluding carboxylic acids is 2. The van der Waals surface area contributed by atoms with Crippen molar-refractivity contribution in [3.63, 3.8) is 0 Å². The van der Waals surface area contributed by atoms with Crippen LogP contribution in [-0.2, 0) is 15.0 Å². The van der Waals surface area contributed by atoms with Crippen molar-refractivity contribution in [3.8, 4) is 17.2 Å². The zero-order valence-corrected chi connectivity index (χ0v) is 23.1. The van der Waals surface area contributed by atoms with Crippen molar-refractivity contribution in [1.82, 2.24) is 14.7 Å². The molecule has 2 amide bonds. The second kappa shape index (κ2) is 9.89. The summed E-state index contributed by atoms with van der Waals surface area (Å²) in [6.45, 7) is 7.74. The summed E-state index contributed by atoms with van der Waals surface area (Å²) in [5, 5.41) is 4.79. The van der Waals surface area contributed by atoms with E-state index in [-0.39, 0.29) is 47.4 Å². The summed E-state index contributed by atoms with van der Waals surface area (Å²) >= 11 is 1.51. The molecule has 1 saturated heterocycles. The third kappa shape index (κ3) is 4.75. The number of hydrogen-bond donors (Lipinski definition) is 0. The number of anilines is 1. The molecule has 39 heavy (non-hydrogen) atoms. The highest BCUT2D eigenvalue weighted by atomic mass is 32.2. The van der Waals surface area contributed by atoms with Crippen molar-refractivity contribution in [3.05, 3.63) is 65.1 Å². The number of halogens is 1. The lowest BCUT2D eigenvalue weighted by atomic mass is 9.87. The van der Waals surface area contributed by atoms with Crippen LogP contribution >= 0.6 is 11.8 Å². The average molecular weight is 551 g/mol. The van der Waals surface area contributed by atoms with Gasteiger partial charge in [0.1, 0.15) is 18.2 Å². The fourth-order valence-electron chi connectivity index (χ4n) is 5.38. The molecule has 3 aliphatic rings.